The van der Waals surface area contributed by atoms with Gasteiger partial charge in [-0.05, 0) is 24.3 Å². The molecule has 0 unspecified atom stereocenters. The van der Waals surface area contributed by atoms with E-state index in [1.807, 2.05) is 24.3 Å². The summed E-state index contributed by atoms with van der Waals surface area (Å²) in [7, 11) is 0. The third kappa shape index (κ3) is 4.17. The predicted octanol–water partition coefficient (Wildman–Crippen LogP) is 1.59. The minimum Gasteiger partial charge on any atom is -0.326 e. The van der Waals surface area contributed by atoms with Gasteiger partial charge in [-0.1, -0.05) is 13.8 Å². The molecule has 1 heterocycles. The molecule has 6 nitrogen and oxygen atoms in total. The largest absolute Gasteiger partial charge is 0.326 e. The molecule has 1 aromatic carbocycles. The van der Waals surface area contributed by atoms with E-state index in [-0.39, 0.29) is 5.91 Å². The Morgan fingerprint density at radius 2 is 1.85 bits per heavy atom. The fraction of sp³-hybridized carbons (Fsp3) is 0.357. The summed E-state index contributed by atoms with van der Waals surface area (Å²) in [6, 6.07) is 7.80. The highest BCUT2D eigenvalue weighted by atomic mass is 16.1. The van der Waals surface area contributed by atoms with Crippen molar-refractivity contribution in [3.8, 4) is 5.69 Å². The fourth-order valence-corrected chi connectivity index (χ4v) is 1.73. The van der Waals surface area contributed by atoms with Gasteiger partial charge in [0.1, 0.15) is 0 Å². The molecule has 0 aliphatic carbocycles. The molecule has 0 bridgehead atoms. The van der Waals surface area contributed by atoms with Crippen molar-refractivity contribution in [3.63, 3.8) is 0 Å². The van der Waals surface area contributed by atoms with Crippen molar-refractivity contribution in [3.05, 3.63) is 36.7 Å². The van der Waals surface area contributed by atoms with Crippen LogP contribution in [0.3, 0.4) is 0 Å². The molecule has 0 atom stereocenters. The van der Waals surface area contributed by atoms with Crippen molar-refractivity contribution in [1.29, 1.82) is 0 Å². The van der Waals surface area contributed by atoms with Gasteiger partial charge < -0.3 is 10.6 Å². The number of carbonyl (C=O) groups is 1. The highest BCUT2D eigenvalue weighted by Gasteiger charge is 2.03. The molecule has 0 saturated heterocycles. The summed E-state index contributed by atoms with van der Waals surface area (Å²) in [6.45, 7) is 4.79. The zero-order valence-electron chi connectivity index (χ0n) is 11.7. The summed E-state index contributed by atoms with van der Waals surface area (Å²) in [5, 5.41) is 14.2. The molecule has 106 valence electrons. The minimum atomic E-state index is 0.00288. The van der Waals surface area contributed by atoms with Crippen molar-refractivity contribution in [2.75, 3.05) is 11.9 Å². The molecule has 2 rings (SSSR count). The van der Waals surface area contributed by atoms with Crippen LogP contribution in [0, 0.1) is 0 Å². The Morgan fingerprint density at radius 1 is 1.20 bits per heavy atom. The number of hydrogen-bond acceptors (Lipinski definition) is 4. The summed E-state index contributed by atoms with van der Waals surface area (Å²) in [5.41, 5.74) is 1.63. The molecule has 0 saturated carbocycles. The molecule has 2 aromatic rings. The summed E-state index contributed by atoms with van der Waals surface area (Å²) >= 11 is 0. The Morgan fingerprint density at radius 3 is 2.45 bits per heavy atom. The second-order valence-corrected chi connectivity index (χ2v) is 4.77. The van der Waals surface area contributed by atoms with Crippen LogP contribution in [-0.2, 0) is 4.79 Å². The summed E-state index contributed by atoms with van der Waals surface area (Å²) in [5.74, 6) is 0.00288. The first-order valence-corrected chi connectivity index (χ1v) is 6.65. The molecule has 0 fully saturated rings. The quantitative estimate of drug-likeness (QED) is 0.838. The Labute approximate surface area is 118 Å². The van der Waals surface area contributed by atoms with E-state index in [1.54, 1.807) is 12.4 Å². The molecular weight excluding hydrogens is 254 g/mol. The number of benzene rings is 1. The number of aromatic nitrogens is 3. The lowest BCUT2D eigenvalue weighted by Crippen LogP contribution is -2.27. The van der Waals surface area contributed by atoms with Gasteiger partial charge in [0.05, 0.1) is 18.1 Å². The lowest BCUT2D eigenvalue weighted by Gasteiger charge is -2.09. The summed E-state index contributed by atoms with van der Waals surface area (Å²) in [4.78, 5) is 13.3. The Kier molecular flexibility index (Phi) is 4.84. The molecule has 0 spiro atoms. The van der Waals surface area contributed by atoms with Crippen molar-refractivity contribution in [2.24, 2.45) is 0 Å². The second-order valence-electron chi connectivity index (χ2n) is 4.77. The van der Waals surface area contributed by atoms with E-state index in [0.29, 0.717) is 19.0 Å². The van der Waals surface area contributed by atoms with Crippen LogP contribution in [0.2, 0.25) is 0 Å². The van der Waals surface area contributed by atoms with E-state index >= 15 is 0 Å². The minimum absolute atomic E-state index is 0.00288. The number of anilines is 1. The molecule has 2 N–H and O–H groups in total. The van der Waals surface area contributed by atoms with Crippen molar-refractivity contribution < 1.29 is 4.79 Å². The third-order valence-corrected chi connectivity index (χ3v) is 2.71. The molecule has 0 aliphatic rings. The van der Waals surface area contributed by atoms with Crippen LogP contribution in [0.15, 0.2) is 36.7 Å². The molecule has 1 amide bonds. The Balaban J connectivity index is 1.86. The summed E-state index contributed by atoms with van der Waals surface area (Å²) < 4.78 is 0. The topological polar surface area (TPSA) is 71.8 Å². The first-order valence-electron chi connectivity index (χ1n) is 6.65. The van der Waals surface area contributed by atoms with Gasteiger partial charge in [0.15, 0.2) is 0 Å². The van der Waals surface area contributed by atoms with E-state index in [1.165, 1.54) is 4.80 Å². The maximum atomic E-state index is 11.7. The Hall–Kier alpha value is -2.21. The van der Waals surface area contributed by atoms with Crippen LogP contribution in [0.4, 0.5) is 5.69 Å². The molecule has 0 radical (unpaired) electrons. The van der Waals surface area contributed by atoms with Gasteiger partial charge >= 0.3 is 0 Å². The number of hydrogen-bond donors (Lipinski definition) is 2. The van der Waals surface area contributed by atoms with Crippen LogP contribution < -0.4 is 10.6 Å². The number of nitrogens with zero attached hydrogens (tertiary/aromatic N) is 3. The molecule has 0 aliphatic heterocycles. The van der Waals surface area contributed by atoms with E-state index in [0.717, 1.165) is 11.4 Å². The van der Waals surface area contributed by atoms with Crippen LogP contribution >= 0.6 is 0 Å². The van der Waals surface area contributed by atoms with Gasteiger partial charge in [-0.15, -0.1) is 0 Å². The molecule has 1 aromatic heterocycles. The monoisotopic (exact) mass is 273 g/mol. The number of carbonyl (C=O) groups excluding carboxylic acids is 1. The summed E-state index contributed by atoms with van der Waals surface area (Å²) in [6.07, 6.45) is 3.70. The number of nitrogens with one attached hydrogen (secondary N) is 2. The van der Waals surface area contributed by atoms with Gasteiger partial charge in [0, 0.05) is 24.7 Å². The van der Waals surface area contributed by atoms with Crippen molar-refractivity contribution in [2.45, 2.75) is 26.3 Å². The van der Waals surface area contributed by atoms with Gasteiger partial charge in [0.2, 0.25) is 5.91 Å². The SMILES string of the molecule is CC(C)NCCC(=O)Nc1ccc(-n2nccn2)cc1. The second kappa shape index (κ2) is 6.81. The van der Waals surface area contributed by atoms with Gasteiger partial charge in [0.25, 0.3) is 0 Å². The number of rotatable bonds is 6. The fourth-order valence-electron chi connectivity index (χ4n) is 1.73. The highest BCUT2D eigenvalue weighted by molar-refractivity contribution is 5.90. The molecular formula is C14H19N5O. The lowest BCUT2D eigenvalue weighted by molar-refractivity contribution is -0.116. The molecule has 20 heavy (non-hydrogen) atoms. The van der Waals surface area contributed by atoms with Gasteiger partial charge in [-0.25, -0.2) is 0 Å². The maximum Gasteiger partial charge on any atom is 0.225 e. The van der Waals surface area contributed by atoms with Crippen LogP contribution in [0.5, 0.6) is 0 Å². The average molecular weight is 273 g/mol. The maximum absolute atomic E-state index is 11.7. The standard InChI is InChI=1S/C14H19N5O/c1-11(2)15-8-7-14(20)18-12-3-5-13(6-4-12)19-16-9-10-17-19/h3-6,9-11,15H,7-8H2,1-2H3,(H,18,20). The highest BCUT2D eigenvalue weighted by Crippen LogP contribution is 2.11. The van der Waals surface area contributed by atoms with Crippen molar-refractivity contribution in [1.82, 2.24) is 20.3 Å². The Bertz CT molecular complexity index is 533. The van der Waals surface area contributed by atoms with E-state index in [4.69, 9.17) is 0 Å². The van der Waals surface area contributed by atoms with Gasteiger partial charge in [-0.3, -0.25) is 4.79 Å². The van der Waals surface area contributed by atoms with E-state index in [2.05, 4.69) is 34.7 Å². The third-order valence-electron chi connectivity index (χ3n) is 2.71. The van der Waals surface area contributed by atoms with Crippen molar-refractivity contribution >= 4 is 11.6 Å². The predicted molar refractivity (Wildman–Crippen MR) is 77.7 cm³/mol. The van der Waals surface area contributed by atoms with E-state index < -0.39 is 0 Å². The normalized spacial score (nSPS) is 10.8. The van der Waals surface area contributed by atoms with E-state index in [9.17, 15) is 4.79 Å². The van der Waals surface area contributed by atoms with Crippen LogP contribution in [0.25, 0.3) is 5.69 Å². The number of amides is 1. The zero-order valence-corrected chi connectivity index (χ0v) is 11.7. The van der Waals surface area contributed by atoms with Crippen LogP contribution in [-0.4, -0.2) is 33.5 Å². The first kappa shape index (κ1) is 14.2. The average Bonchev–Trinajstić information content (AvgIpc) is 2.93. The smallest absolute Gasteiger partial charge is 0.225 e. The zero-order chi connectivity index (χ0) is 14.4. The lowest BCUT2D eigenvalue weighted by atomic mass is 10.2. The van der Waals surface area contributed by atoms with Gasteiger partial charge in [-0.2, -0.15) is 15.0 Å². The van der Waals surface area contributed by atoms with Crippen LogP contribution in [0.1, 0.15) is 20.3 Å². The first-order chi connectivity index (χ1) is 9.65. The molecule has 6 heteroatoms.